The van der Waals surface area contributed by atoms with E-state index in [1.165, 1.54) is 32.1 Å². The molecule has 14 heavy (non-hydrogen) atoms. The van der Waals surface area contributed by atoms with Gasteiger partial charge in [0.15, 0.2) is 0 Å². The Labute approximate surface area is 91.5 Å². The second-order valence-corrected chi connectivity index (χ2v) is 5.79. The molecule has 0 bridgehead atoms. The number of hydrogen-bond donors (Lipinski definition) is 0. The van der Waals surface area contributed by atoms with Gasteiger partial charge in [-0.25, -0.2) is 0 Å². The van der Waals surface area contributed by atoms with Crippen molar-refractivity contribution >= 4 is 0 Å². The van der Waals surface area contributed by atoms with Gasteiger partial charge in [-0.1, -0.05) is 60.8 Å². The molecule has 0 radical (unpaired) electrons. The van der Waals surface area contributed by atoms with Crippen LogP contribution in [-0.4, -0.2) is 0 Å². The van der Waals surface area contributed by atoms with Crippen LogP contribution < -0.4 is 0 Å². The number of hydrogen-bond acceptors (Lipinski definition) is 0. The van der Waals surface area contributed by atoms with Gasteiger partial charge in [0.05, 0.1) is 0 Å². The van der Waals surface area contributed by atoms with Crippen LogP contribution in [0.2, 0.25) is 0 Å². The van der Waals surface area contributed by atoms with Gasteiger partial charge in [-0.2, -0.15) is 0 Å². The van der Waals surface area contributed by atoms with E-state index in [0.717, 1.165) is 11.8 Å². The first-order chi connectivity index (χ1) is 6.43. The Morgan fingerprint density at radius 1 is 1.00 bits per heavy atom. The quantitative estimate of drug-likeness (QED) is 0.522. The van der Waals surface area contributed by atoms with Crippen molar-refractivity contribution in [3.05, 3.63) is 0 Å². The molecule has 0 spiro atoms. The smallest absolute Gasteiger partial charge is 0.0331 e. The molecule has 0 saturated carbocycles. The molecule has 0 heteroatoms. The lowest BCUT2D eigenvalue weighted by Gasteiger charge is -2.28. The van der Waals surface area contributed by atoms with Crippen LogP contribution in [0.25, 0.3) is 0 Å². The summed E-state index contributed by atoms with van der Waals surface area (Å²) in [6.07, 6.45) is 6.88. The van der Waals surface area contributed by atoms with Crippen molar-refractivity contribution in [2.45, 2.75) is 73.6 Å². The van der Waals surface area contributed by atoms with Crippen LogP contribution in [0.5, 0.6) is 0 Å². The minimum Gasteiger partial charge on any atom is -0.0649 e. The van der Waals surface area contributed by atoms with E-state index >= 15 is 0 Å². The first-order valence-corrected chi connectivity index (χ1v) is 6.43. The van der Waals surface area contributed by atoms with E-state index in [1.54, 1.807) is 0 Å². The molecular formula is C14H30. The van der Waals surface area contributed by atoms with Gasteiger partial charge in [-0.3, -0.25) is 0 Å². The SMILES string of the molecule is CCC(C)(CC)CCC(C)CC(C)C. The predicted molar refractivity (Wildman–Crippen MR) is 66.5 cm³/mol. The lowest BCUT2D eigenvalue weighted by Crippen LogP contribution is -2.15. The molecule has 0 aromatic rings. The highest BCUT2D eigenvalue weighted by Gasteiger charge is 2.20. The standard InChI is InChI=1S/C14H30/c1-7-14(6,8-2)10-9-13(5)11-12(3)4/h12-13H,7-11H2,1-6H3. The molecule has 0 saturated heterocycles. The average molecular weight is 198 g/mol. The number of rotatable bonds is 7. The van der Waals surface area contributed by atoms with Crippen LogP contribution in [0.1, 0.15) is 73.6 Å². The molecule has 0 heterocycles. The Morgan fingerprint density at radius 2 is 1.50 bits per heavy atom. The van der Waals surface area contributed by atoms with Crippen LogP contribution in [0.15, 0.2) is 0 Å². The minimum atomic E-state index is 0.602. The highest BCUT2D eigenvalue weighted by atomic mass is 14.3. The van der Waals surface area contributed by atoms with Crippen molar-refractivity contribution in [2.75, 3.05) is 0 Å². The highest BCUT2D eigenvalue weighted by molar-refractivity contribution is 4.72. The largest absolute Gasteiger partial charge is 0.0649 e. The molecule has 0 fully saturated rings. The Kier molecular flexibility index (Phi) is 6.48. The molecular weight excluding hydrogens is 168 g/mol. The fourth-order valence-corrected chi connectivity index (χ4v) is 2.12. The molecule has 0 rings (SSSR count). The predicted octanol–water partition coefficient (Wildman–Crippen LogP) is 5.28. The average Bonchev–Trinajstić information content (AvgIpc) is 2.13. The van der Waals surface area contributed by atoms with E-state index in [9.17, 15) is 0 Å². The van der Waals surface area contributed by atoms with Gasteiger partial charge in [0, 0.05) is 0 Å². The summed E-state index contributed by atoms with van der Waals surface area (Å²) in [6, 6.07) is 0. The van der Waals surface area contributed by atoms with Crippen molar-refractivity contribution in [3.63, 3.8) is 0 Å². The zero-order valence-electron chi connectivity index (χ0n) is 11.2. The van der Waals surface area contributed by atoms with Gasteiger partial charge in [-0.15, -0.1) is 0 Å². The lowest BCUT2D eigenvalue weighted by atomic mass is 9.78. The fraction of sp³-hybridized carbons (Fsp3) is 1.00. The van der Waals surface area contributed by atoms with Crippen molar-refractivity contribution in [3.8, 4) is 0 Å². The minimum absolute atomic E-state index is 0.602. The van der Waals surface area contributed by atoms with E-state index in [0.29, 0.717) is 5.41 Å². The van der Waals surface area contributed by atoms with E-state index < -0.39 is 0 Å². The molecule has 0 nitrogen and oxygen atoms in total. The zero-order valence-corrected chi connectivity index (χ0v) is 11.2. The molecule has 0 aromatic heterocycles. The first-order valence-electron chi connectivity index (χ1n) is 6.43. The third-order valence-electron chi connectivity index (χ3n) is 3.82. The fourth-order valence-electron chi connectivity index (χ4n) is 2.12. The summed E-state index contributed by atoms with van der Waals surface area (Å²) in [6.45, 7) is 14.2. The van der Waals surface area contributed by atoms with Crippen LogP contribution in [0.3, 0.4) is 0 Å². The Hall–Kier alpha value is 0. The van der Waals surface area contributed by atoms with Gasteiger partial charge in [-0.05, 0) is 30.1 Å². The summed E-state index contributed by atoms with van der Waals surface area (Å²) in [7, 11) is 0. The second kappa shape index (κ2) is 6.48. The second-order valence-electron chi connectivity index (χ2n) is 5.79. The molecule has 1 unspecified atom stereocenters. The van der Waals surface area contributed by atoms with Crippen molar-refractivity contribution < 1.29 is 0 Å². The van der Waals surface area contributed by atoms with E-state index in [-0.39, 0.29) is 0 Å². The molecule has 0 amide bonds. The summed E-state index contributed by atoms with van der Waals surface area (Å²) in [5.41, 5.74) is 0.602. The zero-order chi connectivity index (χ0) is 11.2. The normalized spacial score (nSPS) is 14.8. The lowest BCUT2D eigenvalue weighted by molar-refractivity contribution is 0.239. The van der Waals surface area contributed by atoms with E-state index in [2.05, 4.69) is 41.5 Å². The Balaban J connectivity index is 3.79. The Morgan fingerprint density at radius 3 is 1.86 bits per heavy atom. The van der Waals surface area contributed by atoms with Gasteiger partial charge in [0.1, 0.15) is 0 Å². The molecule has 0 aliphatic heterocycles. The van der Waals surface area contributed by atoms with Gasteiger partial charge < -0.3 is 0 Å². The Bertz CT molecular complexity index is 131. The maximum absolute atomic E-state index is 2.44. The highest BCUT2D eigenvalue weighted by Crippen LogP contribution is 2.33. The van der Waals surface area contributed by atoms with Gasteiger partial charge in [0.2, 0.25) is 0 Å². The molecule has 1 atom stereocenters. The maximum atomic E-state index is 2.44. The van der Waals surface area contributed by atoms with Crippen LogP contribution >= 0.6 is 0 Å². The maximum Gasteiger partial charge on any atom is -0.0331 e. The summed E-state index contributed by atoms with van der Waals surface area (Å²) in [5.74, 6) is 1.77. The van der Waals surface area contributed by atoms with Gasteiger partial charge in [0.25, 0.3) is 0 Å². The van der Waals surface area contributed by atoms with E-state index in [4.69, 9.17) is 0 Å². The monoisotopic (exact) mass is 198 g/mol. The van der Waals surface area contributed by atoms with Crippen LogP contribution in [0, 0.1) is 17.3 Å². The first kappa shape index (κ1) is 14.0. The molecule has 86 valence electrons. The molecule has 0 aliphatic rings. The summed E-state index contributed by atoms with van der Waals surface area (Å²) in [4.78, 5) is 0. The van der Waals surface area contributed by atoms with Crippen molar-refractivity contribution in [1.82, 2.24) is 0 Å². The van der Waals surface area contributed by atoms with E-state index in [1.807, 2.05) is 0 Å². The van der Waals surface area contributed by atoms with Crippen LogP contribution in [0.4, 0.5) is 0 Å². The molecule has 0 aromatic carbocycles. The molecule has 0 aliphatic carbocycles. The van der Waals surface area contributed by atoms with Gasteiger partial charge >= 0.3 is 0 Å². The van der Waals surface area contributed by atoms with Crippen molar-refractivity contribution in [2.24, 2.45) is 17.3 Å². The summed E-state index contributed by atoms with van der Waals surface area (Å²) in [5, 5.41) is 0. The van der Waals surface area contributed by atoms with Crippen molar-refractivity contribution in [1.29, 1.82) is 0 Å². The van der Waals surface area contributed by atoms with Crippen LogP contribution in [-0.2, 0) is 0 Å². The molecule has 0 N–H and O–H groups in total. The topological polar surface area (TPSA) is 0 Å². The third-order valence-corrected chi connectivity index (χ3v) is 3.82. The summed E-state index contributed by atoms with van der Waals surface area (Å²) >= 11 is 0. The third kappa shape index (κ3) is 5.67. The summed E-state index contributed by atoms with van der Waals surface area (Å²) < 4.78 is 0.